The van der Waals surface area contributed by atoms with Crippen LogP contribution in [0.4, 0.5) is 35.1 Å². The molecule has 0 aliphatic carbocycles. The summed E-state index contributed by atoms with van der Waals surface area (Å²) in [5.41, 5.74) is 0. The van der Waals surface area contributed by atoms with E-state index in [1.807, 2.05) is 4.98 Å². The number of rotatable bonds is 1. The van der Waals surface area contributed by atoms with Crippen LogP contribution in [0.2, 0.25) is 0 Å². The monoisotopic (exact) mass is 240 g/mol. The zero-order chi connectivity index (χ0) is 12.0. The third-order valence-corrected chi connectivity index (χ3v) is 1.36. The SMILES string of the molecule is Fc1nc(F)n(C(F)(F)C(F)(F)F)c1F. The van der Waals surface area contributed by atoms with E-state index >= 15 is 0 Å². The maximum absolute atomic E-state index is 12.4. The van der Waals surface area contributed by atoms with Gasteiger partial charge >= 0.3 is 12.2 Å². The standard InChI is InChI=1S/C5F8N2/c6-1-2(7)15(3(8)14-1)5(12,13)4(9,10)11. The smallest absolute Gasteiger partial charge is 0.204 e. The zero-order valence-corrected chi connectivity index (χ0v) is 6.42. The number of alkyl halides is 5. The van der Waals surface area contributed by atoms with Crippen molar-refractivity contribution in [3.8, 4) is 0 Å². The van der Waals surface area contributed by atoms with E-state index in [0.29, 0.717) is 0 Å². The molecule has 0 aromatic carbocycles. The normalized spacial score (nSPS) is 13.3. The molecule has 1 aromatic heterocycles. The summed E-state index contributed by atoms with van der Waals surface area (Å²) in [7, 11) is 0. The van der Waals surface area contributed by atoms with Crippen LogP contribution in [0, 0.1) is 18.0 Å². The van der Waals surface area contributed by atoms with Crippen molar-refractivity contribution < 1.29 is 35.1 Å². The van der Waals surface area contributed by atoms with Crippen LogP contribution in [-0.2, 0) is 6.05 Å². The molecule has 0 N–H and O–H groups in total. The molecule has 1 heterocycles. The van der Waals surface area contributed by atoms with Crippen LogP contribution in [0.1, 0.15) is 0 Å². The second-order valence-electron chi connectivity index (χ2n) is 2.34. The summed E-state index contributed by atoms with van der Waals surface area (Å²) in [6.07, 6.45) is -8.87. The average Bonchev–Trinajstić information content (AvgIpc) is 2.24. The first-order valence-electron chi connectivity index (χ1n) is 3.13. The van der Waals surface area contributed by atoms with Crippen molar-refractivity contribution >= 4 is 0 Å². The van der Waals surface area contributed by atoms with Gasteiger partial charge in [-0.1, -0.05) is 0 Å². The van der Waals surface area contributed by atoms with Gasteiger partial charge in [-0.15, -0.1) is 0 Å². The second-order valence-corrected chi connectivity index (χ2v) is 2.34. The molecule has 1 rings (SSSR count). The maximum atomic E-state index is 12.4. The molecule has 2 nitrogen and oxygen atoms in total. The van der Waals surface area contributed by atoms with E-state index in [-0.39, 0.29) is 0 Å². The number of hydrogen-bond donors (Lipinski definition) is 0. The fraction of sp³-hybridized carbons (Fsp3) is 0.400. The first-order chi connectivity index (χ1) is 6.59. The summed E-state index contributed by atoms with van der Waals surface area (Å²) in [5, 5.41) is 0. The summed E-state index contributed by atoms with van der Waals surface area (Å²) in [5.74, 6) is -5.11. The molecular formula is C5F8N2. The first kappa shape index (κ1) is 11.7. The van der Waals surface area contributed by atoms with E-state index in [1.165, 1.54) is 0 Å². The molecule has 0 aliphatic rings. The van der Waals surface area contributed by atoms with Gasteiger partial charge in [0, 0.05) is 0 Å². The number of halogens is 8. The Hall–Kier alpha value is -1.35. The van der Waals surface area contributed by atoms with Gasteiger partial charge in [0.15, 0.2) is 0 Å². The van der Waals surface area contributed by atoms with Crippen LogP contribution in [-0.4, -0.2) is 15.7 Å². The lowest BCUT2D eigenvalue weighted by molar-refractivity contribution is -0.329. The minimum absolute atomic E-state index is 1.80. The molecule has 0 fully saturated rings. The van der Waals surface area contributed by atoms with E-state index in [1.54, 1.807) is 0 Å². The highest BCUT2D eigenvalue weighted by atomic mass is 19.4. The molecule has 0 saturated heterocycles. The first-order valence-corrected chi connectivity index (χ1v) is 3.13. The Morgan fingerprint density at radius 3 is 1.67 bits per heavy atom. The number of nitrogens with zero attached hydrogens (tertiary/aromatic N) is 2. The van der Waals surface area contributed by atoms with Crippen LogP contribution in [0.3, 0.4) is 0 Å². The van der Waals surface area contributed by atoms with Crippen LogP contribution >= 0.6 is 0 Å². The summed E-state index contributed by atoms with van der Waals surface area (Å²) >= 11 is 0. The fourth-order valence-corrected chi connectivity index (χ4v) is 0.716. The molecule has 15 heavy (non-hydrogen) atoms. The largest absolute Gasteiger partial charge is 0.476 e. The predicted octanol–water partition coefficient (Wildman–Crippen LogP) is 2.41. The van der Waals surface area contributed by atoms with Gasteiger partial charge in [0.2, 0.25) is 0 Å². The van der Waals surface area contributed by atoms with Crippen molar-refractivity contribution in [1.82, 2.24) is 9.55 Å². The molecule has 0 atom stereocenters. The Kier molecular flexibility index (Phi) is 2.40. The van der Waals surface area contributed by atoms with Crippen LogP contribution in [0.5, 0.6) is 0 Å². The van der Waals surface area contributed by atoms with Crippen LogP contribution in [0.15, 0.2) is 0 Å². The molecule has 0 aliphatic heterocycles. The third-order valence-electron chi connectivity index (χ3n) is 1.36. The van der Waals surface area contributed by atoms with Crippen molar-refractivity contribution in [2.75, 3.05) is 0 Å². The zero-order valence-electron chi connectivity index (χ0n) is 6.42. The highest BCUT2D eigenvalue weighted by molar-refractivity contribution is 4.91. The van der Waals surface area contributed by atoms with Gasteiger partial charge in [-0.2, -0.15) is 40.1 Å². The molecule has 0 bridgehead atoms. The van der Waals surface area contributed by atoms with Crippen molar-refractivity contribution in [3.05, 3.63) is 18.0 Å². The Labute approximate surface area is 76.1 Å². The van der Waals surface area contributed by atoms with Crippen molar-refractivity contribution in [2.24, 2.45) is 0 Å². The molecule has 0 saturated carbocycles. The summed E-state index contributed by atoms with van der Waals surface area (Å²) < 4.78 is 94.5. The van der Waals surface area contributed by atoms with Crippen molar-refractivity contribution in [3.63, 3.8) is 0 Å². The lowest BCUT2D eigenvalue weighted by Crippen LogP contribution is -2.41. The molecule has 0 spiro atoms. The number of imidazole rings is 1. The van der Waals surface area contributed by atoms with Gasteiger partial charge in [-0.3, -0.25) is 0 Å². The van der Waals surface area contributed by atoms with Gasteiger partial charge in [0.25, 0.3) is 18.0 Å². The Morgan fingerprint density at radius 1 is 0.933 bits per heavy atom. The molecule has 0 radical (unpaired) electrons. The third kappa shape index (κ3) is 1.63. The number of hydrogen-bond acceptors (Lipinski definition) is 1. The van der Waals surface area contributed by atoms with Gasteiger partial charge in [-0.05, 0) is 0 Å². The van der Waals surface area contributed by atoms with Crippen molar-refractivity contribution in [1.29, 1.82) is 0 Å². The predicted molar refractivity (Wildman–Crippen MR) is 28.3 cm³/mol. The Bertz CT molecular complexity index is 377. The van der Waals surface area contributed by atoms with Gasteiger partial charge in [-0.25, -0.2) is 4.57 Å². The highest BCUT2D eigenvalue weighted by Gasteiger charge is 2.62. The Balaban J connectivity index is 3.39. The quantitative estimate of drug-likeness (QED) is 0.689. The van der Waals surface area contributed by atoms with Crippen LogP contribution in [0.25, 0.3) is 0 Å². The summed E-state index contributed by atoms with van der Waals surface area (Å²) in [4.78, 5) is 1.87. The second kappa shape index (κ2) is 3.07. The van der Waals surface area contributed by atoms with E-state index in [0.717, 1.165) is 0 Å². The summed E-state index contributed by atoms with van der Waals surface area (Å²) in [6.45, 7) is 0. The molecule has 0 unspecified atom stereocenters. The van der Waals surface area contributed by atoms with Gasteiger partial charge < -0.3 is 0 Å². The van der Waals surface area contributed by atoms with Crippen molar-refractivity contribution in [2.45, 2.75) is 12.2 Å². The van der Waals surface area contributed by atoms with Gasteiger partial charge in [0.05, 0.1) is 0 Å². The minimum Gasteiger partial charge on any atom is -0.204 e. The highest BCUT2D eigenvalue weighted by Crippen LogP contribution is 2.40. The molecule has 1 aromatic rings. The minimum atomic E-state index is -6.26. The molecule has 10 heteroatoms. The maximum Gasteiger partial charge on any atom is 0.476 e. The van der Waals surface area contributed by atoms with E-state index < -0.39 is 34.8 Å². The molecular weight excluding hydrogens is 240 g/mol. The van der Waals surface area contributed by atoms with E-state index in [2.05, 4.69) is 0 Å². The number of aromatic nitrogens is 2. The lowest BCUT2D eigenvalue weighted by atomic mass is 10.5. The van der Waals surface area contributed by atoms with E-state index in [4.69, 9.17) is 0 Å². The molecule has 0 amide bonds. The van der Waals surface area contributed by atoms with Gasteiger partial charge in [0.1, 0.15) is 0 Å². The summed E-state index contributed by atoms with van der Waals surface area (Å²) in [6, 6.07) is -5.90. The molecule has 86 valence electrons. The van der Waals surface area contributed by atoms with Crippen LogP contribution < -0.4 is 0 Å². The lowest BCUT2D eigenvalue weighted by Gasteiger charge is -2.20. The average molecular weight is 240 g/mol. The fourth-order valence-electron chi connectivity index (χ4n) is 0.716. The van der Waals surface area contributed by atoms with E-state index in [9.17, 15) is 35.1 Å². The Morgan fingerprint density at radius 2 is 1.40 bits per heavy atom. The topological polar surface area (TPSA) is 17.8 Å².